The molecule has 0 saturated carbocycles. The Morgan fingerprint density at radius 2 is 1.86 bits per heavy atom. The van der Waals surface area contributed by atoms with Crippen LogP contribution in [-0.2, 0) is 6.54 Å². The van der Waals surface area contributed by atoms with Crippen LogP contribution in [0.5, 0.6) is 0 Å². The molecule has 2 N–H and O–H groups in total. The fourth-order valence-corrected chi connectivity index (χ4v) is 5.16. The van der Waals surface area contributed by atoms with Gasteiger partial charge in [-0.2, -0.15) is 5.26 Å². The highest BCUT2D eigenvalue weighted by atomic mass is 35.5. The van der Waals surface area contributed by atoms with E-state index in [1.54, 1.807) is 12.4 Å². The predicted molar refractivity (Wildman–Crippen MR) is 167 cm³/mol. The van der Waals surface area contributed by atoms with Gasteiger partial charge < -0.3 is 15.5 Å². The molecule has 0 bridgehead atoms. The number of rotatable bonds is 12. The van der Waals surface area contributed by atoms with Crippen molar-refractivity contribution in [1.29, 1.82) is 5.26 Å². The Morgan fingerprint density at radius 3 is 2.57 bits per heavy atom. The van der Waals surface area contributed by atoms with E-state index < -0.39 is 0 Å². The molecule has 0 aliphatic rings. The molecular formula is C32H34ClN9. The molecular weight excluding hydrogens is 546 g/mol. The van der Waals surface area contributed by atoms with Crippen molar-refractivity contribution >= 4 is 33.9 Å². The van der Waals surface area contributed by atoms with E-state index in [4.69, 9.17) is 11.6 Å². The Kier molecular flexibility index (Phi) is 9.27. The van der Waals surface area contributed by atoms with Crippen molar-refractivity contribution in [2.24, 2.45) is 0 Å². The first-order valence-electron chi connectivity index (χ1n) is 14.1. The second kappa shape index (κ2) is 13.4. The summed E-state index contributed by atoms with van der Waals surface area (Å²) >= 11 is 6.82. The molecule has 0 spiro atoms. The second-order valence-corrected chi connectivity index (χ2v) is 10.6. The van der Waals surface area contributed by atoms with Crippen molar-refractivity contribution in [1.82, 2.24) is 29.9 Å². The summed E-state index contributed by atoms with van der Waals surface area (Å²) in [5, 5.41) is 27.4. The van der Waals surface area contributed by atoms with Crippen LogP contribution in [0.15, 0.2) is 79.4 Å². The van der Waals surface area contributed by atoms with Crippen LogP contribution in [0.1, 0.15) is 54.7 Å². The molecule has 3 heterocycles. The molecule has 0 radical (unpaired) electrons. The van der Waals surface area contributed by atoms with Crippen LogP contribution >= 0.6 is 11.6 Å². The number of nitrogens with one attached hydrogen (secondary N) is 2. The number of nitrogens with zero attached hydrogens (tertiary/aromatic N) is 7. The molecule has 214 valence electrons. The van der Waals surface area contributed by atoms with E-state index in [9.17, 15) is 5.26 Å². The number of anilines is 2. The summed E-state index contributed by atoms with van der Waals surface area (Å²) in [6.07, 6.45) is 7.93. The highest BCUT2D eigenvalue weighted by Gasteiger charge is 2.21. The van der Waals surface area contributed by atoms with Gasteiger partial charge in [-0.3, -0.25) is 14.6 Å². The standard InChI is InChI=1S/C32H34ClN9/c1-4-28(22-10-7-6-8-11-22)38-30-24(18-34)20-36-32-26(30)16-25(17-27(32)33)37-31(23-12-9-13-35-19-23)29-21-42(40-39-29)15-14-41(3)5-2/h6-13,16-17,19-21,28,31,37H,4-5,14-15H2,1-3H3,(H,36,38)/t28-,31+/m1/s1. The van der Waals surface area contributed by atoms with Gasteiger partial charge in [0.1, 0.15) is 11.8 Å². The van der Waals surface area contributed by atoms with Gasteiger partial charge in [0.2, 0.25) is 0 Å². The third-order valence-electron chi connectivity index (χ3n) is 7.41. The molecule has 0 amide bonds. The van der Waals surface area contributed by atoms with Gasteiger partial charge in [0.05, 0.1) is 46.6 Å². The van der Waals surface area contributed by atoms with Crippen LogP contribution in [0.2, 0.25) is 5.02 Å². The molecule has 0 aliphatic carbocycles. The maximum atomic E-state index is 10.0. The predicted octanol–water partition coefficient (Wildman–Crippen LogP) is 6.46. The van der Waals surface area contributed by atoms with Crippen molar-refractivity contribution in [3.05, 3.63) is 107 Å². The topological polar surface area (TPSA) is 108 Å². The van der Waals surface area contributed by atoms with Crippen molar-refractivity contribution in [3.8, 4) is 6.07 Å². The minimum absolute atomic E-state index is 0.00391. The number of hydrogen-bond acceptors (Lipinski definition) is 8. The van der Waals surface area contributed by atoms with E-state index in [2.05, 4.69) is 74.9 Å². The Balaban J connectivity index is 1.53. The molecule has 5 aromatic rings. The summed E-state index contributed by atoms with van der Waals surface area (Å²) in [6, 6.07) is 19.9. The van der Waals surface area contributed by atoms with Gasteiger partial charge in [0.25, 0.3) is 0 Å². The molecule has 2 atom stereocenters. The summed E-state index contributed by atoms with van der Waals surface area (Å²) in [4.78, 5) is 11.1. The lowest BCUT2D eigenvalue weighted by molar-refractivity contribution is 0.326. The normalized spacial score (nSPS) is 12.7. The van der Waals surface area contributed by atoms with Crippen molar-refractivity contribution in [2.75, 3.05) is 30.8 Å². The van der Waals surface area contributed by atoms with Crippen molar-refractivity contribution in [3.63, 3.8) is 0 Å². The highest BCUT2D eigenvalue weighted by molar-refractivity contribution is 6.35. The maximum Gasteiger partial charge on any atom is 0.110 e. The van der Waals surface area contributed by atoms with Crippen LogP contribution in [0.3, 0.4) is 0 Å². The lowest BCUT2D eigenvalue weighted by Crippen LogP contribution is -2.23. The molecule has 0 aliphatic heterocycles. The zero-order valence-electron chi connectivity index (χ0n) is 24.0. The quantitative estimate of drug-likeness (QED) is 0.173. The molecule has 9 nitrogen and oxygen atoms in total. The molecule has 10 heteroatoms. The Hall–Kier alpha value is -4.52. The Bertz CT molecular complexity index is 1660. The lowest BCUT2D eigenvalue weighted by atomic mass is 10.0. The number of nitriles is 1. The fourth-order valence-electron chi connectivity index (χ4n) is 4.89. The zero-order valence-corrected chi connectivity index (χ0v) is 24.8. The van der Waals surface area contributed by atoms with E-state index in [1.807, 2.05) is 59.5 Å². The van der Waals surface area contributed by atoms with E-state index in [1.165, 1.54) is 0 Å². The van der Waals surface area contributed by atoms with Crippen molar-refractivity contribution in [2.45, 2.75) is 38.9 Å². The number of hydrogen-bond donors (Lipinski definition) is 2. The largest absolute Gasteiger partial charge is 0.377 e. The molecule has 5 rings (SSSR count). The smallest absolute Gasteiger partial charge is 0.110 e. The fraction of sp³-hybridized carbons (Fsp3) is 0.281. The number of likely N-dealkylation sites (N-methyl/N-ethyl adjacent to an activating group) is 1. The van der Waals surface area contributed by atoms with Crippen LogP contribution in [0.25, 0.3) is 10.9 Å². The minimum Gasteiger partial charge on any atom is -0.377 e. The van der Waals surface area contributed by atoms with Gasteiger partial charge in [-0.25, -0.2) is 0 Å². The molecule has 2 aromatic carbocycles. The van der Waals surface area contributed by atoms with Gasteiger partial charge in [-0.1, -0.05) is 67.1 Å². The van der Waals surface area contributed by atoms with Gasteiger partial charge in [0.15, 0.2) is 0 Å². The summed E-state index contributed by atoms with van der Waals surface area (Å²) in [5.74, 6) is 0. The third-order valence-corrected chi connectivity index (χ3v) is 7.69. The lowest BCUT2D eigenvalue weighted by Gasteiger charge is -2.22. The van der Waals surface area contributed by atoms with Gasteiger partial charge >= 0.3 is 0 Å². The van der Waals surface area contributed by atoms with Gasteiger partial charge in [0, 0.05) is 36.2 Å². The monoisotopic (exact) mass is 579 g/mol. The maximum absolute atomic E-state index is 10.0. The summed E-state index contributed by atoms with van der Waals surface area (Å²) < 4.78 is 1.86. The van der Waals surface area contributed by atoms with Gasteiger partial charge in [-0.15, -0.1) is 5.10 Å². The van der Waals surface area contributed by atoms with Gasteiger partial charge in [-0.05, 0) is 49.3 Å². The first-order chi connectivity index (χ1) is 20.5. The molecule has 3 aromatic heterocycles. The Morgan fingerprint density at radius 1 is 1.05 bits per heavy atom. The second-order valence-electron chi connectivity index (χ2n) is 10.2. The third kappa shape index (κ3) is 6.51. The summed E-state index contributed by atoms with van der Waals surface area (Å²) in [5.41, 5.74) is 5.37. The summed E-state index contributed by atoms with van der Waals surface area (Å²) in [7, 11) is 2.08. The molecule has 0 fully saturated rings. The van der Waals surface area contributed by atoms with E-state index in [0.29, 0.717) is 21.8 Å². The minimum atomic E-state index is -0.332. The number of pyridine rings is 2. The average molecular weight is 580 g/mol. The number of benzene rings is 2. The number of aromatic nitrogens is 5. The van der Waals surface area contributed by atoms with Crippen LogP contribution in [0, 0.1) is 11.3 Å². The van der Waals surface area contributed by atoms with Crippen LogP contribution in [-0.4, -0.2) is 50.0 Å². The SMILES string of the molecule is CC[C@@H](Nc1c(C#N)cnc2c(Cl)cc(N[C@@H](c3cccnc3)c3cn(CCN(C)CC)nn3)cc12)c1ccccc1. The number of halogens is 1. The van der Waals surface area contributed by atoms with E-state index in [0.717, 1.165) is 53.9 Å². The molecule has 42 heavy (non-hydrogen) atoms. The highest BCUT2D eigenvalue weighted by Crippen LogP contribution is 2.37. The first kappa shape index (κ1) is 29.0. The van der Waals surface area contributed by atoms with Crippen LogP contribution < -0.4 is 10.6 Å². The summed E-state index contributed by atoms with van der Waals surface area (Å²) in [6.45, 7) is 6.82. The van der Waals surface area contributed by atoms with E-state index >= 15 is 0 Å². The first-order valence-corrected chi connectivity index (χ1v) is 14.5. The average Bonchev–Trinajstić information content (AvgIpc) is 3.50. The van der Waals surface area contributed by atoms with E-state index in [-0.39, 0.29) is 12.1 Å². The Labute approximate surface area is 251 Å². The molecule has 0 unspecified atom stereocenters. The molecule has 0 saturated heterocycles. The zero-order chi connectivity index (χ0) is 29.5. The van der Waals surface area contributed by atoms with Crippen molar-refractivity contribution < 1.29 is 0 Å². The van der Waals surface area contributed by atoms with Crippen LogP contribution in [0.4, 0.5) is 11.4 Å². The number of fused-ring (bicyclic) bond motifs is 1.